The molecule has 1 aromatic heterocycles. The molecule has 0 bridgehead atoms. The monoisotopic (exact) mass is 329 g/mol. The fourth-order valence-electron chi connectivity index (χ4n) is 2.70. The van der Waals surface area contributed by atoms with E-state index >= 15 is 0 Å². The minimum absolute atomic E-state index is 0.234. The number of hydrogen-bond donors (Lipinski definition) is 2. The number of carbonyl (C=O) groups is 2. The SMILES string of the molecule is CC(C)(C(=O)NCCC1=CCCCC1)C(=O)NCc1cccnc1. The number of hydrogen-bond acceptors (Lipinski definition) is 3. The first-order valence-electron chi connectivity index (χ1n) is 8.63. The molecule has 0 aromatic carbocycles. The summed E-state index contributed by atoms with van der Waals surface area (Å²) in [5, 5.41) is 5.71. The zero-order valence-electron chi connectivity index (χ0n) is 14.6. The zero-order valence-corrected chi connectivity index (χ0v) is 14.6. The number of nitrogens with one attached hydrogen (secondary N) is 2. The number of pyridine rings is 1. The third kappa shape index (κ3) is 5.18. The first-order chi connectivity index (χ1) is 11.5. The molecule has 0 aliphatic heterocycles. The van der Waals surface area contributed by atoms with Gasteiger partial charge in [-0.25, -0.2) is 0 Å². The smallest absolute Gasteiger partial charge is 0.235 e. The molecule has 0 spiro atoms. The van der Waals surface area contributed by atoms with Crippen LogP contribution in [0.15, 0.2) is 36.2 Å². The highest BCUT2D eigenvalue weighted by atomic mass is 16.2. The maximum Gasteiger partial charge on any atom is 0.235 e. The van der Waals surface area contributed by atoms with Crippen molar-refractivity contribution in [2.24, 2.45) is 5.41 Å². The van der Waals surface area contributed by atoms with E-state index in [2.05, 4.69) is 21.7 Å². The summed E-state index contributed by atoms with van der Waals surface area (Å²) in [5.41, 5.74) is 1.23. The van der Waals surface area contributed by atoms with E-state index in [0.29, 0.717) is 13.1 Å². The molecule has 0 saturated heterocycles. The van der Waals surface area contributed by atoms with Crippen LogP contribution in [0.1, 0.15) is 51.5 Å². The number of nitrogens with zero attached hydrogens (tertiary/aromatic N) is 1. The lowest BCUT2D eigenvalue weighted by atomic mass is 9.90. The van der Waals surface area contributed by atoms with Crippen LogP contribution in [0.2, 0.25) is 0 Å². The summed E-state index contributed by atoms with van der Waals surface area (Å²) in [4.78, 5) is 28.7. The summed E-state index contributed by atoms with van der Waals surface area (Å²) in [5.74, 6) is -0.511. The molecule has 0 unspecified atom stereocenters. The summed E-state index contributed by atoms with van der Waals surface area (Å²) < 4.78 is 0. The molecule has 24 heavy (non-hydrogen) atoms. The predicted molar refractivity (Wildman–Crippen MR) is 94.0 cm³/mol. The first-order valence-corrected chi connectivity index (χ1v) is 8.63. The van der Waals surface area contributed by atoms with Gasteiger partial charge in [0.1, 0.15) is 5.41 Å². The number of allylic oxidation sites excluding steroid dienone is 1. The van der Waals surface area contributed by atoms with Crippen LogP contribution in [0.5, 0.6) is 0 Å². The van der Waals surface area contributed by atoms with Crippen molar-refractivity contribution < 1.29 is 9.59 Å². The van der Waals surface area contributed by atoms with Crippen LogP contribution in [0.3, 0.4) is 0 Å². The van der Waals surface area contributed by atoms with Crippen molar-refractivity contribution in [3.8, 4) is 0 Å². The van der Waals surface area contributed by atoms with Crippen molar-refractivity contribution in [3.63, 3.8) is 0 Å². The molecule has 2 rings (SSSR count). The number of rotatable bonds is 7. The minimum Gasteiger partial charge on any atom is -0.355 e. The quantitative estimate of drug-likeness (QED) is 0.597. The molecule has 1 heterocycles. The molecular formula is C19H27N3O2. The molecule has 5 heteroatoms. The Balaban J connectivity index is 1.78. The van der Waals surface area contributed by atoms with Crippen molar-refractivity contribution in [2.45, 2.75) is 52.5 Å². The van der Waals surface area contributed by atoms with E-state index in [1.807, 2.05) is 12.1 Å². The Kier molecular flexibility index (Phi) is 6.53. The highest BCUT2D eigenvalue weighted by Gasteiger charge is 2.35. The second-order valence-electron chi connectivity index (χ2n) is 6.78. The Morgan fingerprint density at radius 3 is 2.67 bits per heavy atom. The highest BCUT2D eigenvalue weighted by Crippen LogP contribution is 2.20. The van der Waals surface area contributed by atoms with Crippen LogP contribution < -0.4 is 10.6 Å². The summed E-state index contributed by atoms with van der Waals surface area (Å²) in [6, 6.07) is 3.71. The Bertz CT molecular complexity index is 594. The average molecular weight is 329 g/mol. The topological polar surface area (TPSA) is 71.1 Å². The Morgan fingerprint density at radius 2 is 2.00 bits per heavy atom. The molecule has 0 fully saturated rings. The second kappa shape index (κ2) is 8.62. The van der Waals surface area contributed by atoms with E-state index in [0.717, 1.165) is 24.8 Å². The maximum absolute atomic E-state index is 12.4. The van der Waals surface area contributed by atoms with E-state index < -0.39 is 5.41 Å². The van der Waals surface area contributed by atoms with Crippen LogP contribution in [0.25, 0.3) is 0 Å². The molecule has 1 aliphatic carbocycles. The molecule has 2 amide bonds. The van der Waals surface area contributed by atoms with Gasteiger partial charge in [-0.3, -0.25) is 14.6 Å². The van der Waals surface area contributed by atoms with Gasteiger partial charge in [0.05, 0.1) is 0 Å². The standard InChI is InChI=1S/C19H27N3O2/c1-19(2,18(24)22-14-16-9-6-11-20-13-16)17(23)21-12-10-15-7-4-3-5-8-15/h6-7,9,11,13H,3-5,8,10,12,14H2,1-2H3,(H,21,23)(H,22,24). The van der Waals surface area contributed by atoms with Crippen LogP contribution in [0.4, 0.5) is 0 Å². The summed E-state index contributed by atoms with van der Waals surface area (Å²) in [6.07, 6.45) is 11.3. The zero-order chi connectivity index (χ0) is 17.4. The third-order valence-corrected chi connectivity index (χ3v) is 4.43. The van der Waals surface area contributed by atoms with Crippen molar-refractivity contribution in [1.82, 2.24) is 15.6 Å². The Labute approximate surface area is 143 Å². The third-order valence-electron chi connectivity index (χ3n) is 4.43. The van der Waals surface area contributed by atoms with Crippen LogP contribution in [0, 0.1) is 5.41 Å². The molecule has 1 aromatic rings. The van der Waals surface area contributed by atoms with Crippen molar-refractivity contribution in [3.05, 3.63) is 41.7 Å². The number of aromatic nitrogens is 1. The molecule has 130 valence electrons. The van der Waals surface area contributed by atoms with Gasteiger partial charge in [-0.15, -0.1) is 0 Å². The van der Waals surface area contributed by atoms with E-state index in [1.54, 1.807) is 26.2 Å². The average Bonchev–Trinajstić information content (AvgIpc) is 2.61. The fourth-order valence-corrected chi connectivity index (χ4v) is 2.70. The minimum atomic E-state index is -1.09. The van der Waals surface area contributed by atoms with Gasteiger partial charge in [0.25, 0.3) is 0 Å². The van der Waals surface area contributed by atoms with Gasteiger partial charge in [-0.2, -0.15) is 0 Å². The van der Waals surface area contributed by atoms with E-state index in [-0.39, 0.29) is 11.8 Å². The molecule has 0 saturated carbocycles. The van der Waals surface area contributed by atoms with Crippen LogP contribution in [-0.4, -0.2) is 23.3 Å². The molecule has 1 aliphatic rings. The fraction of sp³-hybridized carbons (Fsp3) is 0.526. The van der Waals surface area contributed by atoms with Crippen molar-refractivity contribution >= 4 is 11.8 Å². The molecule has 0 atom stereocenters. The largest absolute Gasteiger partial charge is 0.355 e. The lowest BCUT2D eigenvalue weighted by Gasteiger charge is -2.23. The van der Waals surface area contributed by atoms with Gasteiger partial charge in [0, 0.05) is 25.5 Å². The first kappa shape index (κ1) is 18.2. The normalized spacial score (nSPS) is 14.7. The molecule has 2 N–H and O–H groups in total. The van der Waals surface area contributed by atoms with E-state index in [9.17, 15) is 9.59 Å². The molecule has 0 radical (unpaired) electrons. The lowest BCUT2D eigenvalue weighted by molar-refractivity contribution is -0.141. The van der Waals surface area contributed by atoms with Gasteiger partial charge in [-0.05, 0) is 57.6 Å². The van der Waals surface area contributed by atoms with Crippen molar-refractivity contribution in [2.75, 3.05) is 6.54 Å². The summed E-state index contributed by atoms with van der Waals surface area (Å²) in [6.45, 7) is 4.27. The molecular weight excluding hydrogens is 302 g/mol. The van der Waals surface area contributed by atoms with Crippen LogP contribution >= 0.6 is 0 Å². The predicted octanol–water partition coefficient (Wildman–Crippen LogP) is 2.73. The van der Waals surface area contributed by atoms with E-state index in [4.69, 9.17) is 0 Å². The van der Waals surface area contributed by atoms with E-state index in [1.165, 1.54) is 18.4 Å². The lowest BCUT2D eigenvalue weighted by Crippen LogP contribution is -2.47. The Hall–Kier alpha value is -2.17. The van der Waals surface area contributed by atoms with Gasteiger partial charge in [0.15, 0.2) is 0 Å². The van der Waals surface area contributed by atoms with Gasteiger partial charge in [0.2, 0.25) is 11.8 Å². The van der Waals surface area contributed by atoms with Gasteiger partial charge in [-0.1, -0.05) is 17.7 Å². The van der Waals surface area contributed by atoms with Crippen molar-refractivity contribution in [1.29, 1.82) is 0 Å². The number of amides is 2. The second-order valence-corrected chi connectivity index (χ2v) is 6.78. The summed E-state index contributed by atoms with van der Waals surface area (Å²) in [7, 11) is 0. The number of carbonyl (C=O) groups excluding carboxylic acids is 2. The highest BCUT2D eigenvalue weighted by molar-refractivity contribution is 6.04. The maximum atomic E-state index is 12.4. The Morgan fingerprint density at radius 1 is 1.21 bits per heavy atom. The summed E-state index contributed by atoms with van der Waals surface area (Å²) >= 11 is 0. The van der Waals surface area contributed by atoms with Crippen LogP contribution in [-0.2, 0) is 16.1 Å². The molecule has 5 nitrogen and oxygen atoms in total. The van der Waals surface area contributed by atoms with Gasteiger partial charge < -0.3 is 10.6 Å². The van der Waals surface area contributed by atoms with Gasteiger partial charge >= 0.3 is 0 Å².